The van der Waals surface area contributed by atoms with E-state index in [1.54, 1.807) is 23.1 Å². The second kappa shape index (κ2) is 7.26. The fourth-order valence-corrected chi connectivity index (χ4v) is 3.29. The van der Waals surface area contributed by atoms with Gasteiger partial charge in [0.2, 0.25) is 0 Å². The number of benzene rings is 1. The Kier molecular flexibility index (Phi) is 5.31. The molecule has 0 saturated carbocycles. The van der Waals surface area contributed by atoms with Crippen molar-refractivity contribution in [3.8, 4) is 0 Å². The molecule has 1 aliphatic rings. The van der Waals surface area contributed by atoms with E-state index in [0.29, 0.717) is 33.6 Å². The first-order chi connectivity index (χ1) is 11.0. The van der Waals surface area contributed by atoms with Crippen molar-refractivity contribution in [2.45, 2.75) is 6.54 Å². The Hall–Kier alpha value is -1.01. The van der Waals surface area contributed by atoms with Crippen molar-refractivity contribution in [1.29, 1.82) is 0 Å². The quantitative estimate of drug-likeness (QED) is 0.746. The fourth-order valence-electron chi connectivity index (χ4n) is 2.61. The molecular formula is C16H15BrCl2N2O2. The molecule has 23 heavy (non-hydrogen) atoms. The largest absolute Gasteiger partial charge is 0.444 e. The van der Waals surface area contributed by atoms with Crippen LogP contribution in [0.2, 0.25) is 10.0 Å². The second-order valence-corrected chi connectivity index (χ2v) is 6.95. The maximum atomic E-state index is 12.3. The van der Waals surface area contributed by atoms with Crippen molar-refractivity contribution >= 4 is 45.0 Å². The Morgan fingerprint density at radius 3 is 2.52 bits per heavy atom. The molecular weight excluding hydrogens is 403 g/mol. The third-order valence-corrected chi connectivity index (χ3v) is 5.15. The van der Waals surface area contributed by atoms with Gasteiger partial charge in [-0.05, 0) is 39.7 Å². The average Bonchev–Trinajstić information content (AvgIpc) is 2.98. The third kappa shape index (κ3) is 3.91. The summed E-state index contributed by atoms with van der Waals surface area (Å²) in [6, 6.07) is 9.07. The molecule has 0 unspecified atom stereocenters. The molecule has 7 heteroatoms. The standard InChI is InChI=1S/C16H15BrCl2N2O2/c17-14-5-4-13(23-14)16(22)21-8-6-20(7-9-21)10-11-2-1-3-12(18)15(11)19/h1-5H,6-10H2. The molecule has 0 N–H and O–H groups in total. The van der Waals surface area contributed by atoms with E-state index in [0.717, 1.165) is 25.2 Å². The highest BCUT2D eigenvalue weighted by atomic mass is 79.9. The first-order valence-corrected chi connectivity index (χ1v) is 8.79. The van der Waals surface area contributed by atoms with Crippen molar-refractivity contribution in [3.05, 3.63) is 56.4 Å². The van der Waals surface area contributed by atoms with Gasteiger partial charge in [-0.15, -0.1) is 0 Å². The van der Waals surface area contributed by atoms with Gasteiger partial charge in [0, 0.05) is 32.7 Å². The van der Waals surface area contributed by atoms with Gasteiger partial charge in [0.25, 0.3) is 5.91 Å². The minimum atomic E-state index is -0.0730. The van der Waals surface area contributed by atoms with Gasteiger partial charge < -0.3 is 9.32 Å². The lowest BCUT2D eigenvalue weighted by atomic mass is 10.2. The molecule has 2 aromatic rings. The van der Waals surface area contributed by atoms with Crippen molar-refractivity contribution in [2.24, 2.45) is 0 Å². The Balaban J connectivity index is 1.58. The van der Waals surface area contributed by atoms with E-state index >= 15 is 0 Å². The number of carbonyl (C=O) groups is 1. The highest BCUT2D eigenvalue weighted by molar-refractivity contribution is 9.10. The molecule has 0 atom stereocenters. The summed E-state index contributed by atoms with van der Waals surface area (Å²) in [5.41, 5.74) is 1.01. The van der Waals surface area contributed by atoms with Crippen LogP contribution in [0, 0.1) is 0 Å². The molecule has 0 radical (unpaired) electrons. The number of amides is 1. The molecule has 0 aliphatic carbocycles. The SMILES string of the molecule is O=C(c1ccc(Br)o1)N1CCN(Cc2cccc(Cl)c2Cl)CC1. The lowest BCUT2D eigenvalue weighted by molar-refractivity contribution is 0.0596. The summed E-state index contributed by atoms with van der Waals surface area (Å²) in [4.78, 5) is 16.4. The first-order valence-electron chi connectivity index (χ1n) is 7.24. The van der Waals surface area contributed by atoms with Crippen LogP contribution in [0.3, 0.4) is 0 Å². The van der Waals surface area contributed by atoms with Crippen LogP contribution >= 0.6 is 39.1 Å². The normalized spacial score (nSPS) is 15.9. The van der Waals surface area contributed by atoms with Crippen molar-refractivity contribution in [2.75, 3.05) is 26.2 Å². The van der Waals surface area contributed by atoms with Crippen LogP contribution in [0.15, 0.2) is 39.4 Å². The van der Waals surface area contributed by atoms with Gasteiger partial charge in [-0.1, -0.05) is 35.3 Å². The molecule has 122 valence electrons. The van der Waals surface area contributed by atoms with Gasteiger partial charge in [0.1, 0.15) is 0 Å². The Labute approximate surface area is 153 Å². The first kappa shape index (κ1) is 16.8. The van der Waals surface area contributed by atoms with E-state index < -0.39 is 0 Å². The average molecular weight is 418 g/mol. The maximum Gasteiger partial charge on any atom is 0.289 e. The Morgan fingerprint density at radius 2 is 1.87 bits per heavy atom. The predicted octanol–water partition coefficient (Wildman–Crippen LogP) is 4.31. The lowest BCUT2D eigenvalue weighted by Crippen LogP contribution is -2.48. The molecule has 4 nitrogen and oxygen atoms in total. The molecule has 0 bridgehead atoms. The Bertz CT molecular complexity index is 712. The molecule has 3 rings (SSSR count). The van der Waals surface area contributed by atoms with Crippen LogP contribution in [-0.4, -0.2) is 41.9 Å². The zero-order valence-corrected chi connectivity index (χ0v) is 15.4. The van der Waals surface area contributed by atoms with Crippen LogP contribution in [-0.2, 0) is 6.54 Å². The summed E-state index contributed by atoms with van der Waals surface area (Å²) in [5, 5.41) is 1.18. The summed E-state index contributed by atoms with van der Waals surface area (Å²) in [6.45, 7) is 3.63. The van der Waals surface area contributed by atoms with E-state index in [1.165, 1.54) is 0 Å². The number of piperazine rings is 1. The monoisotopic (exact) mass is 416 g/mol. The minimum Gasteiger partial charge on any atom is -0.444 e. The number of furan rings is 1. The summed E-state index contributed by atoms with van der Waals surface area (Å²) in [6.07, 6.45) is 0. The maximum absolute atomic E-state index is 12.3. The highest BCUT2D eigenvalue weighted by Crippen LogP contribution is 2.27. The third-order valence-electron chi connectivity index (χ3n) is 3.87. The fraction of sp³-hybridized carbons (Fsp3) is 0.312. The lowest BCUT2D eigenvalue weighted by Gasteiger charge is -2.34. The van der Waals surface area contributed by atoms with E-state index in [1.807, 2.05) is 12.1 Å². The van der Waals surface area contributed by atoms with Gasteiger partial charge in [-0.25, -0.2) is 0 Å². The van der Waals surface area contributed by atoms with Crippen LogP contribution in [0.4, 0.5) is 0 Å². The minimum absolute atomic E-state index is 0.0730. The summed E-state index contributed by atoms with van der Waals surface area (Å²) >= 11 is 15.5. The molecule has 0 spiro atoms. The molecule has 1 aliphatic heterocycles. The summed E-state index contributed by atoms with van der Waals surface area (Å²) in [7, 11) is 0. The number of carbonyl (C=O) groups excluding carboxylic acids is 1. The van der Waals surface area contributed by atoms with Crippen LogP contribution < -0.4 is 0 Å². The number of nitrogens with zero attached hydrogens (tertiary/aromatic N) is 2. The highest BCUT2D eigenvalue weighted by Gasteiger charge is 2.24. The van der Waals surface area contributed by atoms with Gasteiger partial charge in [0.05, 0.1) is 10.0 Å². The van der Waals surface area contributed by atoms with Gasteiger partial charge in [-0.2, -0.15) is 0 Å². The van der Waals surface area contributed by atoms with Gasteiger partial charge in [-0.3, -0.25) is 9.69 Å². The van der Waals surface area contributed by atoms with E-state index in [4.69, 9.17) is 27.6 Å². The second-order valence-electron chi connectivity index (χ2n) is 5.39. The molecule has 2 heterocycles. The topological polar surface area (TPSA) is 36.7 Å². The zero-order chi connectivity index (χ0) is 16.4. The van der Waals surface area contributed by atoms with Crippen molar-refractivity contribution in [3.63, 3.8) is 0 Å². The summed E-state index contributed by atoms with van der Waals surface area (Å²) < 4.78 is 5.89. The molecule has 1 fully saturated rings. The van der Waals surface area contributed by atoms with Crippen molar-refractivity contribution in [1.82, 2.24) is 9.80 Å². The number of halogens is 3. The van der Waals surface area contributed by atoms with Gasteiger partial charge >= 0.3 is 0 Å². The van der Waals surface area contributed by atoms with Crippen LogP contribution in [0.25, 0.3) is 0 Å². The van der Waals surface area contributed by atoms with E-state index in [2.05, 4.69) is 20.8 Å². The van der Waals surface area contributed by atoms with E-state index in [9.17, 15) is 4.79 Å². The smallest absolute Gasteiger partial charge is 0.289 e. The molecule has 1 amide bonds. The van der Waals surface area contributed by atoms with Crippen LogP contribution in [0.1, 0.15) is 16.1 Å². The zero-order valence-electron chi connectivity index (χ0n) is 12.3. The summed E-state index contributed by atoms with van der Waals surface area (Å²) in [5.74, 6) is 0.291. The van der Waals surface area contributed by atoms with Gasteiger partial charge in [0.15, 0.2) is 10.4 Å². The number of hydrogen-bond acceptors (Lipinski definition) is 3. The number of rotatable bonds is 3. The van der Waals surface area contributed by atoms with E-state index in [-0.39, 0.29) is 5.91 Å². The van der Waals surface area contributed by atoms with Crippen molar-refractivity contribution < 1.29 is 9.21 Å². The molecule has 1 aromatic carbocycles. The molecule has 1 aromatic heterocycles. The molecule has 1 saturated heterocycles. The predicted molar refractivity (Wildman–Crippen MR) is 94.1 cm³/mol. The number of hydrogen-bond donors (Lipinski definition) is 0. The van der Waals surface area contributed by atoms with Crippen LogP contribution in [0.5, 0.6) is 0 Å². The Morgan fingerprint density at radius 1 is 1.13 bits per heavy atom.